The van der Waals surface area contributed by atoms with Crippen molar-refractivity contribution >= 4 is 24.0 Å². The number of hydrogen-bond donors (Lipinski definition) is 1. The summed E-state index contributed by atoms with van der Waals surface area (Å²) in [6, 6.07) is 7.01. The molecule has 0 bridgehead atoms. The van der Waals surface area contributed by atoms with Crippen molar-refractivity contribution in [3.05, 3.63) is 48.1 Å². The van der Waals surface area contributed by atoms with Crippen molar-refractivity contribution in [1.29, 1.82) is 0 Å². The van der Waals surface area contributed by atoms with Gasteiger partial charge in [0.1, 0.15) is 5.75 Å². The monoisotopic (exact) mass is 348 g/mol. The number of aliphatic carboxylic acids is 1. The lowest BCUT2D eigenvalue weighted by Gasteiger charge is -2.16. The molecule has 1 aromatic carbocycles. The molecule has 0 saturated heterocycles. The molecule has 25 heavy (non-hydrogen) atoms. The van der Waals surface area contributed by atoms with Gasteiger partial charge in [0.05, 0.1) is 13.5 Å². The van der Waals surface area contributed by atoms with Crippen LogP contribution < -0.4 is 4.74 Å². The van der Waals surface area contributed by atoms with Crippen molar-refractivity contribution in [2.24, 2.45) is 0 Å². The number of esters is 2. The van der Waals surface area contributed by atoms with Crippen LogP contribution in [-0.4, -0.2) is 36.4 Å². The third-order valence-electron chi connectivity index (χ3n) is 3.00. The van der Waals surface area contributed by atoms with E-state index in [1.165, 1.54) is 6.08 Å². The van der Waals surface area contributed by atoms with Crippen LogP contribution in [0.3, 0.4) is 0 Å². The molecule has 1 aromatic rings. The van der Waals surface area contributed by atoms with Gasteiger partial charge in [0.2, 0.25) is 6.29 Å². The third kappa shape index (κ3) is 7.34. The Morgan fingerprint density at radius 3 is 2.36 bits per heavy atom. The van der Waals surface area contributed by atoms with Crippen LogP contribution in [0.25, 0.3) is 6.08 Å². The first-order valence-electron chi connectivity index (χ1n) is 7.49. The Hall–Kier alpha value is -3.09. The molecule has 1 rings (SSSR count). The van der Waals surface area contributed by atoms with E-state index < -0.39 is 30.6 Å². The molecule has 1 N–H and O–H groups in total. The molecule has 0 heterocycles. The van der Waals surface area contributed by atoms with Gasteiger partial charge < -0.3 is 19.3 Å². The van der Waals surface area contributed by atoms with Crippen LogP contribution in [0.1, 0.15) is 25.3 Å². The summed E-state index contributed by atoms with van der Waals surface area (Å²) in [5, 5.41) is 8.61. The Morgan fingerprint density at radius 2 is 1.84 bits per heavy atom. The summed E-state index contributed by atoms with van der Waals surface area (Å²) in [5.74, 6) is -2.12. The highest BCUT2D eigenvalue weighted by molar-refractivity contribution is 5.93. The Morgan fingerprint density at radius 1 is 1.20 bits per heavy atom. The molecule has 0 fully saturated rings. The highest BCUT2D eigenvalue weighted by Gasteiger charge is 2.19. The van der Waals surface area contributed by atoms with Gasteiger partial charge in [-0.3, -0.25) is 4.79 Å². The van der Waals surface area contributed by atoms with Crippen LogP contribution in [0, 0.1) is 0 Å². The minimum absolute atomic E-state index is 0.216. The van der Waals surface area contributed by atoms with Gasteiger partial charge >= 0.3 is 17.9 Å². The predicted molar refractivity (Wildman–Crippen MR) is 89.7 cm³/mol. The highest BCUT2D eigenvalue weighted by Crippen LogP contribution is 2.13. The number of carboxylic acids is 1. The topological polar surface area (TPSA) is 99.1 Å². The van der Waals surface area contributed by atoms with E-state index in [1.807, 2.05) is 0 Å². The molecule has 0 radical (unpaired) electrons. The number of hydrogen-bond acceptors (Lipinski definition) is 6. The van der Waals surface area contributed by atoms with Gasteiger partial charge in [-0.1, -0.05) is 25.6 Å². The first-order valence-corrected chi connectivity index (χ1v) is 7.49. The number of benzene rings is 1. The normalized spacial score (nSPS) is 11.6. The van der Waals surface area contributed by atoms with E-state index >= 15 is 0 Å². The Balaban J connectivity index is 2.57. The molecule has 134 valence electrons. The van der Waals surface area contributed by atoms with Crippen LogP contribution in [0.4, 0.5) is 0 Å². The van der Waals surface area contributed by atoms with E-state index in [-0.39, 0.29) is 12.0 Å². The Labute approximate surface area is 145 Å². The molecule has 0 saturated carbocycles. The summed E-state index contributed by atoms with van der Waals surface area (Å²) in [6.07, 6.45) is 1.30. The van der Waals surface area contributed by atoms with Crippen molar-refractivity contribution < 1.29 is 33.7 Å². The zero-order valence-electron chi connectivity index (χ0n) is 14.1. The molecule has 0 spiro atoms. The molecular formula is C18H20O7. The third-order valence-corrected chi connectivity index (χ3v) is 3.00. The number of carbonyl (C=O) groups is 3. The van der Waals surface area contributed by atoms with Gasteiger partial charge in [0.25, 0.3) is 0 Å². The molecule has 7 nitrogen and oxygen atoms in total. The van der Waals surface area contributed by atoms with Gasteiger partial charge in [-0.25, -0.2) is 9.59 Å². The summed E-state index contributed by atoms with van der Waals surface area (Å²) >= 11 is 0. The van der Waals surface area contributed by atoms with Gasteiger partial charge in [0.15, 0.2) is 0 Å². The number of carboxylic acid groups (broad SMARTS) is 1. The smallest absolute Gasteiger partial charge is 0.337 e. The second kappa shape index (κ2) is 9.92. The lowest BCUT2D eigenvalue weighted by Crippen LogP contribution is -2.24. The molecule has 0 aliphatic carbocycles. The van der Waals surface area contributed by atoms with E-state index in [0.717, 1.165) is 5.56 Å². The average molecular weight is 348 g/mol. The Bertz CT molecular complexity index is 659. The minimum Gasteiger partial charge on any atom is -0.497 e. The Kier molecular flexibility index (Phi) is 7.92. The van der Waals surface area contributed by atoms with Crippen molar-refractivity contribution in [2.45, 2.75) is 26.1 Å². The first kappa shape index (κ1) is 20.0. The second-order valence-corrected chi connectivity index (χ2v) is 4.96. The van der Waals surface area contributed by atoms with E-state index in [0.29, 0.717) is 5.75 Å². The summed E-state index contributed by atoms with van der Waals surface area (Å²) < 4.78 is 15.0. The van der Waals surface area contributed by atoms with Crippen LogP contribution in [0.2, 0.25) is 0 Å². The fourth-order valence-electron chi connectivity index (χ4n) is 1.70. The summed E-state index contributed by atoms with van der Waals surface area (Å²) in [5.41, 5.74) is 0.536. The van der Waals surface area contributed by atoms with E-state index in [4.69, 9.17) is 19.3 Å². The first-order chi connectivity index (χ1) is 11.8. The second-order valence-electron chi connectivity index (χ2n) is 4.96. The molecule has 7 heteroatoms. The number of rotatable bonds is 9. The maximum atomic E-state index is 11.8. The molecule has 0 aliphatic heterocycles. The number of carbonyl (C=O) groups excluding carboxylic acids is 2. The average Bonchev–Trinajstić information content (AvgIpc) is 2.59. The van der Waals surface area contributed by atoms with E-state index in [1.54, 1.807) is 44.4 Å². The fraction of sp³-hybridized carbons (Fsp3) is 0.278. The van der Waals surface area contributed by atoms with E-state index in [9.17, 15) is 14.4 Å². The number of methoxy groups -OCH3 is 1. The van der Waals surface area contributed by atoms with Gasteiger partial charge in [-0.2, -0.15) is 0 Å². The summed E-state index contributed by atoms with van der Waals surface area (Å²) in [4.78, 5) is 34.0. The van der Waals surface area contributed by atoms with Crippen molar-refractivity contribution in [1.82, 2.24) is 0 Å². The zero-order valence-corrected chi connectivity index (χ0v) is 14.1. The van der Waals surface area contributed by atoms with Crippen LogP contribution >= 0.6 is 0 Å². The summed E-state index contributed by atoms with van der Waals surface area (Å²) in [6.45, 7) is 4.98. The maximum Gasteiger partial charge on any atom is 0.337 e. The van der Waals surface area contributed by atoms with E-state index in [2.05, 4.69) is 6.58 Å². The van der Waals surface area contributed by atoms with Crippen molar-refractivity contribution in [3.63, 3.8) is 0 Å². The van der Waals surface area contributed by atoms with Crippen LogP contribution in [-0.2, 0) is 23.9 Å². The maximum absolute atomic E-state index is 11.8. The molecule has 1 atom stereocenters. The molecular weight excluding hydrogens is 328 g/mol. The fourth-order valence-corrected chi connectivity index (χ4v) is 1.70. The predicted octanol–water partition coefficient (Wildman–Crippen LogP) is 2.56. The minimum atomic E-state index is -1.20. The highest BCUT2D eigenvalue weighted by atomic mass is 16.7. The van der Waals surface area contributed by atoms with Crippen molar-refractivity contribution in [2.75, 3.05) is 7.11 Å². The van der Waals surface area contributed by atoms with Crippen LogP contribution in [0.15, 0.2) is 42.5 Å². The number of ether oxygens (including phenoxy) is 3. The lowest BCUT2D eigenvalue weighted by atomic mass is 10.2. The molecule has 0 aliphatic rings. The lowest BCUT2D eigenvalue weighted by molar-refractivity contribution is -0.182. The van der Waals surface area contributed by atoms with Gasteiger partial charge in [-0.15, -0.1) is 0 Å². The van der Waals surface area contributed by atoms with Gasteiger partial charge in [0, 0.05) is 18.1 Å². The molecule has 0 aromatic heterocycles. The zero-order chi connectivity index (χ0) is 18.8. The van der Waals surface area contributed by atoms with Crippen LogP contribution in [0.5, 0.6) is 5.75 Å². The quantitative estimate of drug-likeness (QED) is 0.416. The standard InChI is InChI=1S/C18H20O7/c1-4-17(25-18(22)12(2)11-15(19)20)24-16(21)10-7-13-5-8-14(23-3)9-6-13/h5-10,17H,2,4,11H2,1,3H3,(H,19,20)/b10-7+. The largest absolute Gasteiger partial charge is 0.497 e. The van der Waals surface area contributed by atoms with Crippen molar-refractivity contribution in [3.8, 4) is 5.75 Å². The van der Waals surface area contributed by atoms with Gasteiger partial charge in [-0.05, 0) is 23.8 Å². The molecule has 1 unspecified atom stereocenters. The SMILES string of the molecule is C=C(CC(=O)O)C(=O)OC(CC)OC(=O)/C=C/c1ccc(OC)cc1. The summed E-state index contributed by atoms with van der Waals surface area (Å²) in [7, 11) is 1.56. The molecule has 0 amide bonds.